The first-order chi connectivity index (χ1) is 8.33. The van der Waals surface area contributed by atoms with Gasteiger partial charge in [-0.2, -0.15) is 11.8 Å². The van der Waals surface area contributed by atoms with Gasteiger partial charge in [-0.25, -0.2) is 0 Å². The summed E-state index contributed by atoms with van der Waals surface area (Å²) in [5.41, 5.74) is 0. The zero-order chi connectivity index (χ0) is 12.4. The maximum atomic E-state index is 2.40. The third kappa shape index (κ3) is 6.18. The molecule has 0 aliphatic heterocycles. The van der Waals surface area contributed by atoms with Gasteiger partial charge in [0.25, 0.3) is 0 Å². The Labute approximate surface area is 113 Å². The van der Waals surface area contributed by atoms with Gasteiger partial charge in [-0.3, -0.25) is 0 Å². The molecule has 17 heavy (non-hydrogen) atoms. The molecule has 0 amide bonds. The molecule has 0 heterocycles. The summed E-state index contributed by atoms with van der Waals surface area (Å²) in [6.45, 7) is 4.70. The van der Waals surface area contributed by atoms with Gasteiger partial charge in [-0.1, -0.05) is 65.2 Å². The smallest absolute Gasteiger partial charge is 0.0157 e. The average molecular weight is 256 g/mol. The van der Waals surface area contributed by atoms with Gasteiger partial charge < -0.3 is 0 Å². The van der Waals surface area contributed by atoms with Crippen LogP contribution in [0.25, 0.3) is 0 Å². The van der Waals surface area contributed by atoms with Gasteiger partial charge in [-0.15, -0.1) is 0 Å². The molecule has 0 N–H and O–H groups in total. The van der Waals surface area contributed by atoms with Gasteiger partial charge in [0.2, 0.25) is 0 Å². The molecule has 0 aromatic rings. The molecule has 0 radical (unpaired) electrons. The Balaban J connectivity index is 2.03. The minimum atomic E-state index is 0.682. The highest BCUT2D eigenvalue weighted by atomic mass is 32.2. The molecule has 1 aliphatic carbocycles. The molecule has 1 rings (SSSR count). The van der Waals surface area contributed by atoms with Crippen LogP contribution in [0.1, 0.15) is 90.9 Å². The van der Waals surface area contributed by atoms with Crippen molar-refractivity contribution in [2.75, 3.05) is 5.75 Å². The van der Waals surface area contributed by atoms with Crippen LogP contribution in [-0.2, 0) is 0 Å². The summed E-state index contributed by atoms with van der Waals surface area (Å²) in [4.78, 5) is 0. The van der Waals surface area contributed by atoms with Gasteiger partial charge in [0, 0.05) is 4.75 Å². The van der Waals surface area contributed by atoms with Gasteiger partial charge in [-0.05, 0) is 31.4 Å². The van der Waals surface area contributed by atoms with Crippen molar-refractivity contribution in [2.45, 2.75) is 95.6 Å². The predicted molar refractivity (Wildman–Crippen MR) is 81.9 cm³/mol. The first kappa shape index (κ1) is 15.4. The SMILES string of the molecule is CCCCCCCCSC1(CC)CCCCC1. The van der Waals surface area contributed by atoms with Crippen molar-refractivity contribution in [2.24, 2.45) is 0 Å². The van der Waals surface area contributed by atoms with Crippen LogP contribution >= 0.6 is 11.8 Å². The second kappa shape index (κ2) is 9.30. The summed E-state index contributed by atoms with van der Waals surface area (Å²) in [7, 11) is 0. The summed E-state index contributed by atoms with van der Waals surface area (Å²) in [6.07, 6.45) is 17.5. The molecule has 0 unspecified atom stereocenters. The monoisotopic (exact) mass is 256 g/mol. The minimum Gasteiger partial charge on any atom is -0.155 e. The molecule has 1 saturated carbocycles. The molecule has 102 valence electrons. The van der Waals surface area contributed by atoms with Crippen molar-refractivity contribution in [3.63, 3.8) is 0 Å². The van der Waals surface area contributed by atoms with Crippen LogP contribution in [0.3, 0.4) is 0 Å². The van der Waals surface area contributed by atoms with Crippen molar-refractivity contribution in [1.29, 1.82) is 0 Å². The minimum absolute atomic E-state index is 0.682. The Kier molecular flexibility index (Phi) is 8.43. The van der Waals surface area contributed by atoms with Crippen molar-refractivity contribution < 1.29 is 0 Å². The summed E-state index contributed by atoms with van der Waals surface area (Å²) >= 11 is 2.31. The third-order valence-electron chi connectivity index (χ3n) is 4.32. The molecule has 1 fully saturated rings. The standard InChI is InChI=1S/C16H32S/c1-3-5-6-7-8-12-15-17-16(4-2)13-10-9-11-14-16/h3-15H2,1-2H3. The van der Waals surface area contributed by atoms with Gasteiger partial charge in [0.05, 0.1) is 0 Å². The van der Waals surface area contributed by atoms with E-state index in [0.29, 0.717) is 4.75 Å². The second-order valence-corrected chi connectivity index (χ2v) is 7.28. The van der Waals surface area contributed by atoms with E-state index in [1.807, 2.05) is 0 Å². The van der Waals surface area contributed by atoms with E-state index in [1.165, 1.54) is 82.8 Å². The quantitative estimate of drug-likeness (QED) is 0.443. The van der Waals surface area contributed by atoms with E-state index >= 15 is 0 Å². The molecule has 0 nitrogen and oxygen atoms in total. The van der Waals surface area contributed by atoms with Crippen LogP contribution in [0.5, 0.6) is 0 Å². The van der Waals surface area contributed by atoms with E-state index < -0.39 is 0 Å². The van der Waals surface area contributed by atoms with Crippen molar-refractivity contribution >= 4 is 11.8 Å². The predicted octanol–water partition coefficient (Wildman–Crippen LogP) is 6.19. The van der Waals surface area contributed by atoms with E-state index in [1.54, 1.807) is 0 Å². The molecule has 0 aromatic heterocycles. The third-order valence-corrected chi connectivity index (χ3v) is 6.12. The lowest BCUT2D eigenvalue weighted by molar-refractivity contribution is 0.388. The fourth-order valence-corrected chi connectivity index (χ4v) is 4.53. The maximum absolute atomic E-state index is 2.40. The molecule has 1 heteroatoms. The number of hydrogen-bond acceptors (Lipinski definition) is 1. The number of unbranched alkanes of at least 4 members (excludes halogenated alkanes) is 5. The van der Waals surface area contributed by atoms with E-state index in [-0.39, 0.29) is 0 Å². The first-order valence-electron chi connectivity index (χ1n) is 7.97. The highest BCUT2D eigenvalue weighted by Gasteiger charge is 2.29. The zero-order valence-electron chi connectivity index (χ0n) is 12.1. The van der Waals surface area contributed by atoms with Gasteiger partial charge >= 0.3 is 0 Å². The van der Waals surface area contributed by atoms with Crippen molar-refractivity contribution in [1.82, 2.24) is 0 Å². The summed E-state index contributed by atoms with van der Waals surface area (Å²) in [6, 6.07) is 0. The molecular formula is C16H32S. The van der Waals surface area contributed by atoms with Gasteiger partial charge in [0.15, 0.2) is 0 Å². The average Bonchev–Trinajstić information content (AvgIpc) is 2.39. The highest BCUT2D eigenvalue weighted by molar-refractivity contribution is 8.00. The molecule has 0 bridgehead atoms. The molecule has 0 atom stereocenters. The Bertz CT molecular complexity index is 170. The summed E-state index contributed by atoms with van der Waals surface area (Å²) < 4.78 is 0.682. The largest absolute Gasteiger partial charge is 0.155 e. The fraction of sp³-hybridized carbons (Fsp3) is 1.00. The van der Waals surface area contributed by atoms with E-state index in [4.69, 9.17) is 0 Å². The molecule has 0 saturated heterocycles. The van der Waals surface area contributed by atoms with Crippen LogP contribution in [0.4, 0.5) is 0 Å². The topological polar surface area (TPSA) is 0 Å². The van der Waals surface area contributed by atoms with E-state index in [2.05, 4.69) is 25.6 Å². The lowest BCUT2D eigenvalue weighted by Crippen LogP contribution is -2.27. The van der Waals surface area contributed by atoms with E-state index in [0.717, 1.165) is 0 Å². The second-order valence-electron chi connectivity index (χ2n) is 5.71. The molecule has 0 aromatic carbocycles. The van der Waals surface area contributed by atoms with Crippen molar-refractivity contribution in [3.8, 4) is 0 Å². The fourth-order valence-electron chi connectivity index (χ4n) is 2.97. The van der Waals surface area contributed by atoms with Crippen LogP contribution in [0.2, 0.25) is 0 Å². The summed E-state index contributed by atoms with van der Waals surface area (Å²) in [5.74, 6) is 1.42. The Morgan fingerprint density at radius 3 is 2.12 bits per heavy atom. The molecule has 1 aliphatic rings. The molecule has 0 spiro atoms. The Morgan fingerprint density at radius 1 is 0.824 bits per heavy atom. The lowest BCUT2D eigenvalue weighted by Gasteiger charge is -2.36. The van der Waals surface area contributed by atoms with Crippen LogP contribution in [0.15, 0.2) is 0 Å². The Hall–Kier alpha value is 0.350. The molecular weight excluding hydrogens is 224 g/mol. The normalized spacial score (nSPS) is 19.4. The van der Waals surface area contributed by atoms with Crippen LogP contribution < -0.4 is 0 Å². The maximum Gasteiger partial charge on any atom is 0.0157 e. The lowest BCUT2D eigenvalue weighted by atomic mass is 9.86. The highest BCUT2D eigenvalue weighted by Crippen LogP contribution is 2.42. The first-order valence-corrected chi connectivity index (χ1v) is 8.95. The van der Waals surface area contributed by atoms with Gasteiger partial charge in [0.1, 0.15) is 0 Å². The van der Waals surface area contributed by atoms with Crippen LogP contribution in [-0.4, -0.2) is 10.5 Å². The number of thioether (sulfide) groups is 1. The van der Waals surface area contributed by atoms with Crippen LogP contribution in [0, 0.1) is 0 Å². The summed E-state index contributed by atoms with van der Waals surface area (Å²) in [5, 5.41) is 0. The number of rotatable bonds is 9. The zero-order valence-corrected chi connectivity index (χ0v) is 12.9. The Morgan fingerprint density at radius 2 is 1.47 bits per heavy atom. The van der Waals surface area contributed by atoms with Crippen molar-refractivity contribution in [3.05, 3.63) is 0 Å². The number of hydrogen-bond donors (Lipinski definition) is 0. The van der Waals surface area contributed by atoms with E-state index in [9.17, 15) is 0 Å².